The van der Waals surface area contributed by atoms with Gasteiger partial charge in [0.25, 0.3) is 5.91 Å². The quantitative estimate of drug-likeness (QED) is 0.206. The van der Waals surface area contributed by atoms with Gasteiger partial charge in [-0.05, 0) is 96.1 Å². The highest BCUT2D eigenvalue weighted by atomic mass is 16.6. The van der Waals surface area contributed by atoms with E-state index < -0.39 is 11.7 Å². The highest BCUT2D eigenvalue weighted by Gasteiger charge is 2.19. The van der Waals surface area contributed by atoms with Crippen molar-refractivity contribution in [2.24, 2.45) is 0 Å². The van der Waals surface area contributed by atoms with Crippen molar-refractivity contribution in [1.29, 1.82) is 0 Å². The predicted molar refractivity (Wildman–Crippen MR) is 168 cm³/mol. The second kappa shape index (κ2) is 15.6. The topological polar surface area (TPSA) is 112 Å². The summed E-state index contributed by atoms with van der Waals surface area (Å²) in [5.41, 5.74) is 2.76. The Labute approximate surface area is 249 Å². The van der Waals surface area contributed by atoms with Gasteiger partial charge in [-0.25, -0.2) is 9.59 Å². The van der Waals surface area contributed by atoms with E-state index in [1.807, 2.05) is 56.6 Å². The Balaban J connectivity index is 1.64. The first-order valence-corrected chi connectivity index (χ1v) is 14.2. The summed E-state index contributed by atoms with van der Waals surface area (Å²) in [5, 5.41) is 11.6. The summed E-state index contributed by atoms with van der Waals surface area (Å²) < 4.78 is 5.33. The van der Waals surface area contributed by atoms with Gasteiger partial charge in [-0.15, -0.1) is 0 Å². The normalized spacial score (nSPS) is 11.9. The zero-order valence-electron chi connectivity index (χ0n) is 25.2. The average Bonchev–Trinajstić information content (AvgIpc) is 2.93. The second-order valence-corrected chi connectivity index (χ2v) is 11.4. The molecule has 0 heterocycles. The number of ether oxygens (including phenoxy) is 1. The van der Waals surface area contributed by atoms with Crippen molar-refractivity contribution < 1.29 is 19.1 Å². The smallest absolute Gasteiger partial charge is 0.412 e. The maximum absolute atomic E-state index is 13.1. The largest absolute Gasteiger partial charge is 0.444 e. The molecule has 0 radical (unpaired) electrons. The Kier molecular flexibility index (Phi) is 11.9. The number of anilines is 2. The summed E-state index contributed by atoms with van der Waals surface area (Å²) in [5.74, 6) is -0.323. The predicted octanol–water partition coefficient (Wildman–Crippen LogP) is 6.21. The van der Waals surface area contributed by atoms with E-state index in [1.54, 1.807) is 57.2 Å². The van der Waals surface area contributed by atoms with Crippen LogP contribution in [0.1, 0.15) is 61.1 Å². The number of para-hydroxylation sites is 2. The fraction of sp³-hybridized carbons (Fsp3) is 0.364. The van der Waals surface area contributed by atoms with Crippen molar-refractivity contribution in [3.8, 4) is 0 Å². The number of carbonyl (C=O) groups is 3. The third-order valence-corrected chi connectivity index (χ3v) is 6.33. The summed E-state index contributed by atoms with van der Waals surface area (Å²) in [7, 11) is 4.04. The van der Waals surface area contributed by atoms with Crippen LogP contribution in [-0.4, -0.2) is 55.7 Å². The molecule has 0 spiro atoms. The Bertz CT molecular complexity index is 1300. The summed E-state index contributed by atoms with van der Waals surface area (Å²) in [6, 6.07) is 23.7. The van der Waals surface area contributed by atoms with Gasteiger partial charge >= 0.3 is 12.1 Å². The first-order chi connectivity index (χ1) is 20.0. The highest BCUT2D eigenvalue weighted by molar-refractivity contribution is 6.06. The maximum atomic E-state index is 13.1. The monoisotopic (exact) mass is 573 g/mol. The lowest BCUT2D eigenvalue weighted by atomic mass is 10.00. The minimum atomic E-state index is -0.647. The molecule has 0 aliphatic carbocycles. The van der Waals surface area contributed by atoms with Gasteiger partial charge in [-0.2, -0.15) is 0 Å². The van der Waals surface area contributed by atoms with Gasteiger partial charge in [-0.3, -0.25) is 10.1 Å². The summed E-state index contributed by atoms with van der Waals surface area (Å²) in [4.78, 5) is 40.2. The lowest BCUT2D eigenvalue weighted by Gasteiger charge is -2.21. The molecular weight excluding hydrogens is 530 g/mol. The van der Waals surface area contributed by atoms with Gasteiger partial charge < -0.3 is 25.6 Å². The van der Waals surface area contributed by atoms with Gasteiger partial charge in [0.2, 0.25) is 0 Å². The third-order valence-electron chi connectivity index (χ3n) is 6.33. The summed E-state index contributed by atoms with van der Waals surface area (Å²) in [6.07, 6.45) is 1.79. The zero-order valence-corrected chi connectivity index (χ0v) is 25.2. The lowest BCUT2D eigenvalue weighted by molar-refractivity contribution is 0.0635. The Hall–Kier alpha value is -4.37. The van der Waals surface area contributed by atoms with Crippen LogP contribution >= 0.6 is 0 Å². The molecule has 4 amide bonds. The molecule has 0 aliphatic heterocycles. The van der Waals surface area contributed by atoms with Crippen LogP contribution < -0.4 is 21.3 Å². The van der Waals surface area contributed by atoms with Crippen LogP contribution in [0.25, 0.3) is 0 Å². The molecule has 0 saturated heterocycles. The number of rotatable bonds is 12. The van der Waals surface area contributed by atoms with Crippen molar-refractivity contribution in [3.05, 3.63) is 95.6 Å². The van der Waals surface area contributed by atoms with Crippen molar-refractivity contribution >= 4 is 29.4 Å². The van der Waals surface area contributed by atoms with Crippen LogP contribution in [0.15, 0.2) is 78.9 Å². The van der Waals surface area contributed by atoms with Crippen LogP contribution in [0, 0.1) is 0 Å². The van der Waals surface area contributed by atoms with Gasteiger partial charge in [0, 0.05) is 12.1 Å². The molecule has 1 unspecified atom stereocenters. The zero-order chi connectivity index (χ0) is 30.5. The van der Waals surface area contributed by atoms with E-state index in [-0.39, 0.29) is 18.0 Å². The number of carbonyl (C=O) groups excluding carboxylic acids is 3. The Morgan fingerprint density at radius 2 is 1.45 bits per heavy atom. The molecule has 9 heteroatoms. The van der Waals surface area contributed by atoms with E-state index >= 15 is 0 Å². The molecule has 0 fully saturated rings. The van der Waals surface area contributed by atoms with E-state index in [1.165, 1.54) is 0 Å². The lowest BCUT2D eigenvalue weighted by Crippen LogP contribution is -2.39. The van der Waals surface area contributed by atoms with E-state index in [0.717, 1.165) is 36.9 Å². The van der Waals surface area contributed by atoms with E-state index in [0.29, 0.717) is 23.5 Å². The minimum absolute atomic E-state index is 0.211. The molecule has 0 aromatic heterocycles. The van der Waals surface area contributed by atoms with Gasteiger partial charge in [0.05, 0.1) is 17.4 Å². The molecule has 0 saturated carbocycles. The first kappa shape index (κ1) is 32.1. The number of nitrogens with zero attached hydrogens (tertiary/aromatic N) is 1. The van der Waals surface area contributed by atoms with Crippen molar-refractivity contribution in [1.82, 2.24) is 15.5 Å². The average molecular weight is 574 g/mol. The highest BCUT2D eigenvalue weighted by Crippen LogP contribution is 2.24. The van der Waals surface area contributed by atoms with Crippen LogP contribution in [-0.2, 0) is 11.2 Å². The molecule has 3 aromatic carbocycles. The SMILES string of the molecule is CN(C)CCCC(NC(=O)NCCc1ccccc1)c1ccc(C(=O)Nc2ccccc2NC(=O)OC(C)(C)C)cc1. The van der Waals surface area contributed by atoms with Crippen LogP contribution in [0.3, 0.4) is 0 Å². The molecule has 4 N–H and O–H groups in total. The van der Waals surface area contributed by atoms with E-state index in [9.17, 15) is 14.4 Å². The third kappa shape index (κ3) is 11.2. The van der Waals surface area contributed by atoms with Gasteiger partial charge in [-0.1, -0.05) is 54.6 Å². The van der Waals surface area contributed by atoms with Crippen LogP contribution in [0.4, 0.5) is 21.0 Å². The molecular formula is C33H43N5O4. The van der Waals surface area contributed by atoms with Crippen molar-refractivity contribution in [2.45, 2.75) is 51.7 Å². The number of nitrogens with one attached hydrogen (secondary N) is 4. The number of urea groups is 1. The second-order valence-electron chi connectivity index (χ2n) is 11.4. The summed E-state index contributed by atoms with van der Waals surface area (Å²) in [6.45, 7) is 6.77. The van der Waals surface area contributed by atoms with Gasteiger partial charge in [0.1, 0.15) is 5.60 Å². The molecule has 224 valence electrons. The van der Waals surface area contributed by atoms with E-state index in [4.69, 9.17) is 4.74 Å². The molecule has 3 rings (SSSR count). The maximum Gasteiger partial charge on any atom is 0.412 e. The fourth-order valence-corrected chi connectivity index (χ4v) is 4.28. The Morgan fingerprint density at radius 1 is 0.833 bits per heavy atom. The van der Waals surface area contributed by atoms with Crippen LogP contribution in [0.5, 0.6) is 0 Å². The molecule has 0 aliphatic rings. The first-order valence-electron chi connectivity index (χ1n) is 14.2. The molecule has 42 heavy (non-hydrogen) atoms. The number of amides is 4. The van der Waals surface area contributed by atoms with Gasteiger partial charge in [0.15, 0.2) is 0 Å². The van der Waals surface area contributed by atoms with E-state index in [2.05, 4.69) is 26.2 Å². The molecule has 1 atom stereocenters. The number of hydrogen-bond donors (Lipinski definition) is 4. The minimum Gasteiger partial charge on any atom is -0.444 e. The Morgan fingerprint density at radius 3 is 2.07 bits per heavy atom. The van der Waals surface area contributed by atoms with Crippen molar-refractivity contribution in [2.75, 3.05) is 37.8 Å². The van der Waals surface area contributed by atoms with Crippen molar-refractivity contribution in [3.63, 3.8) is 0 Å². The molecule has 9 nitrogen and oxygen atoms in total. The fourth-order valence-electron chi connectivity index (χ4n) is 4.28. The standard InChI is InChI=1S/C33H43N5O4/c1-33(2,3)42-32(41)37-29-15-10-9-14-28(29)35-30(39)26-19-17-25(18-20-26)27(16-11-23-38(4)5)36-31(40)34-22-21-24-12-7-6-8-13-24/h6-10,12-15,17-20,27H,11,16,21-23H2,1-5H3,(H,35,39)(H,37,41)(H2,34,36,40). The molecule has 3 aromatic rings. The number of benzene rings is 3. The number of hydrogen-bond acceptors (Lipinski definition) is 5. The van der Waals surface area contributed by atoms with Crippen LogP contribution in [0.2, 0.25) is 0 Å². The summed E-state index contributed by atoms with van der Waals surface area (Å²) >= 11 is 0. The molecule has 0 bridgehead atoms.